The quantitative estimate of drug-likeness (QED) is 0.292. The number of imide groups is 2. The molecule has 3 saturated heterocycles. The van der Waals surface area contributed by atoms with Gasteiger partial charge in [0, 0.05) is 16.4 Å². The lowest BCUT2D eigenvalue weighted by Gasteiger charge is -2.38. The van der Waals surface area contributed by atoms with Crippen molar-refractivity contribution in [3.8, 4) is 0 Å². The second kappa shape index (κ2) is 9.09. The first-order valence-electron chi connectivity index (χ1n) is 13.1. The van der Waals surface area contributed by atoms with Crippen molar-refractivity contribution in [2.45, 2.75) is 44.3 Å². The van der Waals surface area contributed by atoms with Crippen LogP contribution in [0.3, 0.4) is 0 Å². The number of likely N-dealkylation sites (tertiary alicyclic amines) is 1. The molecule has 204 valence electrons. The number of nitrogens with zero attached hydrogens (tertiary/aromatic N) is 3. The van der Waals surface area contributed by atoms with Gasteiger partial charge in [0.25, 0.3) is 5.91 Å². The van der Waals surface area contributed by atoms with Crippen LogP contribution in [0.5, 0.6) is 0 Å². The molecule has 3 unspecified atom stereocenters. The monoisotopic (exact) mass is 603 g/mol. The molecule has 3 aromatic carbocycles. The number of hydrogen-bond acceptors (Lipinski definition) is 4. The molecule has 6 rings (SSSR count). The third-order valence-corrected chi connectivity index (χ3v) is 8.68. The van der Waals surface area contributed by atoms with E-state index in [1.807, 2.05) is 30.3 Å². The van der Waals surface area contributed by atoms with E-state index in [1.54, 1.807) is 45.0 Å². The van der Waals surface area contributed by atoms with E-state index in [9.17, 15) is 23.6 Å². The van der Waals surface area contributed by atoms with Gasteiger partial charge < -0.3 is 4.90 Å². The fraction of sp³-hybridized carbons (Fsp3) is 0.290. The summed E-state index contributed by atoms with van der Waals surface area (Å²) in [6.07, 6.45) is 0.0232. The lowest BCUT2D eigenvalue weighted by molar-refractivity contribution is -0.149. The Kier molecular flexibility index (Phi) is 5.99. The second-order valence-electron chi connectivity index (χ2n) is 11.5. The Morgan fingerprint density at radius 3 is 2.17 bits per heavy atom. The molecule has 0 saturated carbocycles. The standard InChI is InChI=1S/C31H27BrFN3O4/c1-30(2,3)36-26(37)23-24(27(36)38)31(17-18-8-5-4-6-9-18)28(39)34(22-11-7-10-21(33)16-22)29(40)35(31)25(23)19-12-14-20(32)15-13-19/h4-16,23-25H,17H2,1-3H3/t23?,24?,25?,31-/m1/s1. The molecule has 3 aliphatic heterocycles. The summed E-state index contributed by atoms with van der Waals surface area (Å²) in [4.78, 5) is 61.1. The molecule has 3 fully saturated rings. The number of carbonyl (C=O) groups excluding carboxylic acids is 4. The van der Waals surface area contributed by atoms with Crippen molar-refractivity contribution >= 4 is 45.4 Å². The minimum absolute atomic E-state index is 0.0232. The van der Waals surface area contributed by atoms with Crippen LogP contribution in [0, 0.1) is 17.7 Å². The van der Waals surface area contributed by atoms with E-state index in [0.29, 0.717) is 5.56 Å². The van der Waals surface area contributed by atoms with Gasteiger partial charge in [-0.25, -0.2) is 14.1 Å². The molecular weight excluding hydrogens is 577 g/mol. The van der Waals surface area contributed by atoms with Crippen molar-refractivity contribution in [2.24, 2.45) is 11.8 Å². The minimum Gasteiger partial charge on any atom is -0.300 e. The van der Waals surface area contributed by atoms with Crippen LogP contribution >= 0.6 is 15.9 Å². The van der Waals surface area contributed by atoms with Gasteiger partial charge in [-0.3, -0.25) is 19.3 Å². The number of rotatable bonds is 4. The van der Waals surface area contributed by atoms with Gasteiger partial charge in [-0.05, 0) is 62.2 Å². The van der Waals surface area contributed by atoms with Crippen LogP contribution in [0.15, 0.2) is 83.3 Å². The Balaban J connectivity index is 1.63. The summed E-state index contributed by atoms with van der Waals surface area (Å²) in [6, 6.07) is 20.1. The predicted molar refractivity (Wildman–Crippen MR) is 149 cm³/mol. The molecule has 0 radical (unpaired) electrons. The number of carbonyl (C=O) groups is 4. The van der Waals surface area contributed by atoms with Crippen LogP contribution < -0.4 is 4.90 Å². The Labute approximate surface area is 239 Å². The van der Waals surface area contributed by atoms with Crippen molar-refractivity contribution in [3.63, 3.8) is 0 Å². The highest BCUT2D eigenvalue weighted by Gasteiger charge is 2.77. The maximum atomic E-state index is 14.7. The SMILES string of the molecule is CC(C)(C)N1C(=O)C2C(c3ccc(Br)cc3)N3C(=O)N(c4cccc(F)c4)C(=O)[C@@]3(Cc3ccccc3)C2C1=O. The van der Waals surface area contributed by atoms with Crippen LogP contribution in [0.4, 0.5) is 14.9 Å². The lowest BCUT2D eigenvalue weighted by atomic mass is 9.75. The van der Waals surface area contributed by atoms with E-state index in [-0.39, 0.29) is 12.1 Å². The predicted octanol–water partition coefficient (Wildman–Crippen LogP) is 5.49. The van der Waals surface area contributed by atoms with Crippen molar-refractivity contribution in [1.29, 1.82) is 0 Å². The topological polar surface area (TPSA) is 78.0 Å². The van der Waals surface area contributed by atoms with Gasteiger partial charge in [-0.15, -0.1) is 0 Å². The van der Waals surface area contributed by atoms with Gasteiger partial charge in [-0.1, -0.05) is 64.5 Å². The first-order valence-corrected chi connectivity index (χ1v) is 13.9. The molecule has 0 aliphatic carbocycles. The van der Waals surface area contributed by atoms with Gasteiger partial charge in [0.15, 0.2) is 0 Å². The zero-order valence-electron chi connectivity index (χ0n) is 22.2. The zero-order chi connectivity index (χ0) is 28.6. The zero-order valence-corrected chi connectivity index (χ0v) is 23.8. The van der Waals surface area contributed by atoms with E-state index in [1.165, 1.54) is 28.0 Å². The van der Waals surface area contributed by atoms with E-state index in [4.69, 9.17) is 0 Å². The number of urea groups is 1. The minimum atomic E-state index is -1.69. The molecule has 0 bridgehead atoms. The summed E-state index contributed by atoms with van der Waals surface area (Å²) in [6.45, 7) is 5.34. The number of halogens is 2. The highest BCUT2D eigenvalue weighted by atomic mass is 79.9. The Hall–Kier alpha value is -3.85. The molecule has 3 aromatic rings. The number of benzene rings is 3. The first-order chi connectivity index (χ1) is 19.0. The Bertz CT molecular complexity index is 1550. The van der Waals surface area contributed by atoms with Crippen molar-refractivity contribution in [2.75, 3.05) is 4.90 Å². The van der Waals surface area contributed by atoms with E-state index >= 15 is 0 Å². The largest absolute Gasteiger partial charge is 0.332 e. The van der Waals surface area contributed by atoms with E-state index in [0.717, 1.165) is 21.0 Å². The molecule has 0 N–H and O–H groups in total. The summed E-state index contributed by atoms with van der Waals surface area (Å²) in [7, 11) is 0. The molecule has 40 heavy (non-hydrogen) atoms. The van der Waals surface area contributed by atoms with Crippen molar-refractivity contribution in [1.82, 2.24) is 9.80 Å². The van der Waals surface area contributed by atoms with Crippen LogP contribution in [0.25, 0.3) is 0 Å². The van der Waals surface area contributed by atoms with Gasteiger partial charge in [0.2, 0.25) is 11.8 Å². The van der Waals surface area contributed by atoms with Crippen LogP contribution in [-0.4, -0.2) is 44.6 Å². The summed E-state index contributed by atoms with van der Waals surface area (Å²) in [5.41, 5.74) is -1.09. The van der Waals surface area contributed by atoms with E-state index < -0.39 is 58.5 Å². The van der Waals surface area contributed by atoms with E-state index in [2.05, 4.69) is 15.9 Å². The van der Waals surface area contributed by atoms with Crippen molar-refractivity contribution in [3.05, 3.63) is 100 Å². The maximum absolute atomic E-state index is 14.7. The third-order valence-electron chi connectivity index (χ3n) is 8.15. The molecule has 7 nitrogen and oxygen atoms in total. The number of amides is 5. The van der Waals surface area contributed by atoms with Crippen LogP contribution in [0.1, 0.15) is 37.9 Å². The fourth-order valence-electron chi connectivity index (χ4n) is 6.68. The molecule has 5 amide bonds. The Morgan fingerprint density at radius 1 is 0.875 bits per heavy atom. The van der Waals surface area contributed by atoms with Crippen molar-refractivity contribution < 1.29 is 23.6 Å². The molecule has 9 heteroatoms. The highest BCUT2D eigenvalue weighted by Crippen LogP contribution is 2.60. The van der Waals surface area contributed by atoms with Crippen LogP contribution in [0.2, 0.25) is 0 Å². The molecule has 0 spiro atoms. The van der Waals surface area contributed by atoms with Gasteiger partial charge in [-0.2, -0.15) is 0 Å². The average Bonchev–Trinajstić information content (AvgIpc) is 3.42. The molecule has 4 atom stereocenters. The molecule has 0 aromatic heterocycles. The van der Waals surface area contributed by atoms with Crippen LogP contribution in [-0.2, 0) is 20.8 Å². The summed E-state index contributed by atoms with van der Waals surface area (Å²) in [5, 5.41) is 0. The van der Waals surface area contributed by atoms with Gasteiger partial charge >= 0.3 is 6.03 Å². The smallest absolute Gasteiger partial charge is 0.300 e. The highest BCUT2D eigenvalue weighted by molar-refractivity contribution is 9.10. The number of fused-ring (bicyclic) bond motifs is 3. The average molecular weight is 604 g/mol. The molecule has 3 aliphatic rings. The van der Waals surface area contributed by atoms with Gasteiger partial charge in [0.05, 0.1) is 23.6 Å². The second-order valence-corrected chi connectivity index (χ2v) is 12.5. The number of anilines is 1. The summed E-state index contributed by atoms with van der Waals surface area (Å²) in [5.74, 6) is -4.21. The molecule has 3 heterocycles. The lowest BCUT2D eigenvalue weighted by Crippen LogP contribution is -2.57. The normalized spacial score (nSPS) is 26.1. The summed E-state index contributed by atoms with van der Waals surface area (Å²) >= 11 is 3.44. The fourth-order valence-corrected chi connectivity index (χ4v) is 6.95. The first kappa shape index (κ1) is 26.4. The summed E-state index contributed by atoms with van der Waals surface area (Å²) < 4.78 is 15.1. The van der Waals surface area contributed by atoms with Gasteiger partial charge in [0.1, 0.15) is 11.4 Å². The molecular formula is C31H27BrFN3O4. The third kappa shape index (κ3) is 3.67. The Morgan fingerprint density at radius 2 is 1.55 bits per heavy atom. The maximum Gasteiger partial charge on any atom is 0.332 e. The number of hydrogen-bond donors (Lipinski definition) is 0.